The Bertz CT molecular complexity index is 429. The maximum absolute atomic E-state index is 12.2. The van der Waals surface area contributed by atoms with Gasteiger partial charge in [-0.15, -0.1) is 0 Å². The molecular weight excluding hydrogens is 270 g/mol. The zero-order valence-electron chi connectivity index (χ0n) is 13.1. The van der Waals surface area contributed by atoms with Crippen LogP contribution in [0.5, 0.6) is 0 Å². The van der Waals surface area contributed by atoms with Gasteiger partial charge in [0.05, 0.1) is 6.54 Å². The lowest BCUT2D eigenvalue weighted by atomic mass is 10.1. The summed E-state index contributed by atoms with van der Waals surface area (Å²) >= 11 is 0. The number of unbranched alkanes of at least 4 members (excludes halogenated alkanes) is 2. The number of carbonyl (C=O) groups is 2. The monoisotopic (exact) mass is 295 g/mol. The smallest absolute Gasteiger partial charge is 0.245 e. The SMILES string of the molecule is CCCCCC(=O)N(CC(=O)Nc1ccon1)CC(C)C. The van der Waals surface area contributed by atoms with Gasteiger partial charge in [-0.05, 0) is 12.3 Å². The van der Waals surface area contributed by atoms with Crippen molar-refractivity contribution in [3.8, 4) is 0 Å². The van der Waals surface area contributed by atoms with Gasteiger partial charge in [0.2, 0.25) is 11.8 Å². The van der Waals surface area contributed by atoms with Gasteiger partial charge in [0.15, 0.2) is 5.82 Å². The van der Waals surface area contributed by atoms with Crippen molar-refractivity contribution in [3.05, 3.63) is 12.3 Å². The highest BCUT2D eigenvalue weighted by Gasteiger charge is 2.18. The lowest BCUT2D eigenvalue weighted by Crippen LogP contribution is -2.40. The van der Waals surface area contributed by atoms with Crippen LogP contribution in [0.2, 0.25) is 0 Å². The summed E-state index contributed by atoms with van der Waals surface area (Å²) in [5.41, 5.74) is 0. The lowest BCUT2D eigenvalue weighted by Gasteiger charge is -2.24. The molecule has 0 radical (unpaired) electrons. The fourth-order valence-electron chi connectivity index (χ4n) is 2.01. The van der Waals surface area contributed by atoms with E-state index in [-0.39, 0.29) is 18.4 Å². The molecule has 2 amide bonds. The minimum atomic E-state index is -0.256. The van der Waals surface area contributed by atoms with Crippen LogP contribution in [0.1, 0.15) is 46.5 Å². The van der Waals surface area contributed by atoms with Crippen molar-refractivity contribution in [2.24, 2.45) is 5.92 Å². The molecule has 6 nitrogen and oxygen atoms in total. The number of hydrogen-bond acceptors (Lipinski definition) is 4. The quantitative estimate of drug-likeness (QED) is 0.711. The van der Waals surface area contributed by atoms with Gasteiger partial charge in [-0.2, -0.15) is 0 Å². The highest BCUT2D eigenvalue weighted by molar-refractivity contribution is 5.93. The van der Waals surface area contributed by atoms with E-state index >= 15 is 0 Å². The summed E-state index contributed by atoms with van der Waals surface area (Å²) in [6, 6.07) is 1.56. The maximum Gasteiger partial charge on any atom is 0.245 e. The van der Waals surface area contributed by atoms with E-state index < -0.39 is 0 Å². The van der Waals surface area contributed by atoms with E-state index in [9.17, 15) is 9.59 Å². The molecule has 0 bridgehead atoms. The molecule has 0 aliphatic carbocycles. The average Bonchev–Trinajstić information content (AvgIpc) is 2.90. The third-order valence-corrected chi connectivity index (χ3v) is 2.97. The Labute approximate surface area is 125 Å². The van der Waals surface area contributed by atoms with E-state index in [0.29, 0.717) is 24.7 Å². The molecule has 1 aromatic rings. The first-order valence-electron chi connectivity index (χ1n) is 7.51. The Morgan fingerprint density at radius 2 is 2.14 bits per heavy atom. The molecular formula is C15H25N3O3. The van der Waals surface area contributed by atoms with Crippen molar-refractivity contribution in [1.29, 1.82) is 0 Å². The molecule has 1 heterocycles. The average molecular weight is 295 g/mol. The largest absolute Gasteiger partial charge is 0.363 e. The molecule has 0 aromatic carbocycles. The topological polar surface area (TPSA) is 75.4 Å². The molecule has 1 rings (SSSR count). The van der Waals surface area contributed by atoms with Crippen LogP contribution in [0, 0.1) is 5.92 Å². The summed E-state index contributed by atoms with van der Waals surface area (Å²) in [5, 5.41) is 6.23. The van der Waals surface area contributed by atoms with Gasteiger partial charge in [-0.1, -0.05) is 38.8 Å². The first-order chi connectivity index (χ1) is 10.0. The van der Waals surface area contributed by atoms with Gasteiger partial charge in [0, 0.05) is 19.0 Å². The van der Waals surface area contributed by atoms with Crippen LogP contribution in [-0.4, -0.2) is 35.0 Å². The third-order valence-electron chi connectivity index (χ3n) is 2.97. The summed E-state index contributed by atoms with van der Waals surface area (Å²) in [5.74, 6) is 0.462. The van der Waals surface area contributed by atoms with Crippen LogP contribution in [0.15, 0.2) is 16.9 Å². The number of hydrogen-bond donors (Lipinski definition) is 1. The van der Waals surface area contributed by atoms with Crippen molar-refractivity contribution in [2.45, 2.75) is 46.5 Å². The minimum absolute atomic E-state index is 0.0347. The molecule has 0 atom stereocenters. The minimum Gasteiger partial charge on any atom is -0.363 e. The van der Waals surface area contributed by atoms with Crippen LogP contribution in [-0.2, 0) is 9.59 Å². The number of anilines is 1. The number of aromatic nitrogens is 1. The van der Waals surface area contributed by atoms with Crippen molar-refractivity contribution >= 4 is 17.6 Å². The summed E-state index contributed by atoms with van der Waals surface area (Å²) in [6.07, 6.45) is 4.86. The second kappa shape index (κ2) is 9.15. The number of rotatable bonds is 9. The molecule has 1 N–H and O–H groups in total. The van der Waals surface area contributed by atoms with E-state index in [4.69, 9.17) is 0 Å². The Balaban J connectivity index is 2.51. The predicted octanol–water partition coefficient (Wildman–Crippen LogP) is 2.68. The standard InChI is InChI=1S/C15H25N3O3/c1-4-5-6-7-15(20)18(10-12(2)3)11-14(19)16-13-8-9-21-17-13/h8-9,12H,4-7,10-11H2,1-3H3,(H,16,17,19). The summed E-state index contributed by atoms with van der Waals surface area (Å²) < 4.78 is 4.65. The molecule has 0 saturated heterocycles. The number of carbonyl (C=O) groups excluding carboxylic acids is 2. The fraction of sp³-hybridized carbons (Fsp3) is 0.667. The molecule has 0 fully saturated rings. The van der Waals surface area contributed by atoms with Gasteiger partial charge in [0.1, 0.15) is 6.26 Å². The number of nitrogens with one attached hydrogen (secondary N) is 1. The molecule has 0 spiro atoms. The Kier molecular flexibility index (Phi) is 7.50. The van der Waals surface area contributed by atoms with Crippen LogP contribution in [0.3, 0.4) is 0 Å². The normalized spacial score (nSPS) is 10.7. The van der Waals surface area contributed by atoms with E-state index in [1.165, 1.54) is 6.26 Å². The molecule has 0 unspecified atom stereocenters. The van der Waals surface area contributed by atoms with Gasteiger partial charge >= 0.3 is 0 Å². The van der Waals surface area contributed by atoms with E-state index in [2.05, 4.69) is 21.9 Å². The first-order valence-corrected chi connectivity index (χ1v) is 7.51. The molecule has 1 aromatic heterocycles. The van der Waals surface area contributed by atoms with E-state index in [1.807, 2.05) is 13.8 Å². The highest BCUT2D eigenvalue weighted by atomic mass is 16.5. The second-order valence-electron chi connectivity index (χ2n) is 5.56. The van der Waals surface area contributed by atoms with Gasteiger partial charge in [-0.3, -0.25) is 9.59 Å². The molecule has 118 valence electrons. The highest BCUT2D eigenvalue weighted by Crippen LogP contribution is 2.07. The molecule has 21 heavy (non-hydrogen) atoms. The molecule has 0 saturated carbocycles. The van der Waals surface area contributed by atoms with Crippen molar-refractivity contribution < 1.29 is 14.1 Å². The zero-order chi connectivity index (χ0) is 15.7. The third kappa shape index (κ3) is 6.92. The van der Waals surface area contributed by atoms with Crippen LogP contribution < -0.4 is 5.32 Å². The van der Waals surface area contributed by atoms with Crippen molar-refractivity contribution in [2.75, 3.05) is 18.4 Å². The Morgan fingerprint density at radius 3 is 2.71 bits per heavy atom. The van der Waals surface area contributed by atoms with Crippen molar-refractivity contribution in [3.63, 3.8) is 0 Å². The van der Waals surface area contributed by atoms with Gasteiger partial charge in [-0.25, -0.2) is 0 Å². The van der Waals surface area contributed by atoms with E-state index in [0.717, 1.165) is 19.3 Å². The van der Waals surface area contributed by atoms with Crippen molar-refractivity contribution in [1.82, 2.24) is 10.1 Å². The van der Waals surface area contributed by atoms with Crippen LogP contribution in [0.25, 0.3) is 0 Å². The van der Waals surface area contributed by atoms with Crippen LogP contribution in [0.4, 0.5) is 5.82 Å². The van der Waals surface area contributed by atoms with Gasteiger partial charge < -0.3 is 14.7 Å². The van der Waals surface area contributed by atoms with Gasteiger partial charge in [0.25, 0.3) is 0 Å². The summed E-state index contributed by atoms with van der Waals surface area (Å²) in [6.45, 7) is 6.79. The Morgan fingerprint density at radius 1 is 1.38 bits per heavy atom. The fourth-order valence-corrected chi connectivity index (χ4v) is 2.01. The maximum atomic E-state index is 12.2. The molecule has 0 aliphatic rings. The number of amides is 2. The number of nitrogens with zero attached hydrogens (tertiary/aromatic N) is 2. The predicted molar refractivity (Wildman–Crippen MR) is 80.7 cm³/mol. The lowest BCUT2D eigenvalue weighted by molar-refractivity contribution is -0.135. The molecule has 6 heteroatoms. The van der Waals surface area contributed by atoms with Crippen LogP contribution >= 0.6 is 0 Å². The molecule has 0 aliphatic heterocycles. The zero-order valence-corrected chi connectivity index (χ0v) is 13.1. The summed E-state index contributed by atoms with van der Waals surface area (Å²) in [4.78, 5) is 25.8. The second-order valence-corrected chi connectivity index (χ2v) is 5.56. The Hall–Kier alpha value is -1.85. The van der Waals surface area contributed by atoms with E-state index in [1.54, 1.807) is 11.0 Å². The first kappa shape index (κ1) is 17.2. The summed E-state index contributed by atoms with van der Waals surface area (Å²) in [7, 11) is 0.